The number of hydrogen-bond donors (Lipinski definition) is 2. The van der Waals surface area contributed by atoms with Gasteiger partial charge >= 0.3 is 0 Å². The molecule has 1 saturated heterocycles. The molecule has 1 heterocycles. The maximum atomic E-state index is 11.4. The van der Waals surface area contributed by atoms with Crippen LogP contribution in [0, 0.1) is 11.8 Å². The normalized spacial score (nSPS) is 20.3. The van der Waals surface area contributed by atoms with E-state index in [4.69, 9.17) is 0 Å². The van der Waals surface area contributed by atoms with E-state index >= 15 is 0 Å². The molecule has 12 heavy (non-hydrogen) atoms. The van der Waals surface area contributed by atoms with Gasteiger partial charge in [0.15, 0.2) is 0 Å². The van der Waals surface area contributed by atoms with Gasteiger partial charge in [-0.25, -0.2) is 0 Å². The Morgan fingerprint density at radius 1 is 1.42 bits per heavy atom. The molecule has 1 unspecified atom stereocenters. The second-order valence-electron chi connectivity index (χ2n) is 3.87. The second-order valence-corrected chi connectivity index (χ2v) is 3.87. The van der Waals surface area contributed by atoms with E-state index in [1.165, 1.54) is 0 Å². The maximum absolute atomic E-state index is 11.4. The lowest BCUT2D eigenvalue weighted by atomic mass is 9.88. The summed E-state index contributed by atoms with van der Waals surface area (Å²) in [5.74, 6) is 0.897. The first-order valence-corrected chi connectivity index (χ1v) is 4.62. The highest BCUT2D eigenvalue weighted by Gasteiger charge is 2.28. The van der Waals surface area contributed by atoms with Crippen LogP contribution in [0.5, 0.6) is 0 Å². The summed E-state index contributed by atoms with van der Waals surface area (Å²) in [5.41, 5.74) is 0. The van der Waals surface area contributed by atoms with Crippen molar-refractivity contribution in [3.63, 3.8) is 0 Å². The van der Waals surface area contributed by atoms with Crippen LogP contribution < -0.4 is 10.6 Å². The van der Waals surface area contributed by atoms with Gasteiger partial charge < -0.3 is 10.6 Å². The number of hydrogen-bond acceptors (Lipinski definition) is 2. The highest BCUT2D eigenvalue weighted by molar-refractivity contribution is 5.79. The predicted octanol–water partition coefficient (Wildman–Crippen LogP) is 0.366. The van der Waals surface area contributed by atoms with Gasteiger partial charge in [-0.3, -0.25) is 4.79 Å². The third-order valence-corrected chi connectivity index (χ3v) is 2.36. The Hall–Kier alpha value is -0.570. The van der Waals surface area contributed by atoms with E-state index in [9.17, 15) is 4.79 Å². The van der Waals surface area contributed by atoms with Gasteiger partial charge in [0.25, 0.3) is 0 Å². The van der Waals surface area contributed by atoms with Crippen LogP contribution >= 0.6 is 0 Å². The van der Waals surface area contributed by atoms with E-state index in [1.807, 2.05) is 20.8 Å². The van der Waals surface area contributed by atoms with Crippen LogP contribution in [0.4, 0.5) is 0 Å². The van der Waals surface area contributed by atoms with Gasteiger partial charge in [-0.1, -0.05) is 6.92 Å². The molecule has 1 rings (SSSR count). The molecule has 3 nitrogen and oxygen atoms in total. The largest absolute Gasteiger partial charge is 0.354 e. The Balaban J connectivity index is 2.30. The number of amides is 1. The summed E-state index contributed by atoms with van der Waals surface area (Å²) >= 11 is 0. The van der Waals surface area contributed by atoms with Crippen molar-refractivity contribution in [1.29, 1.82) is 0 Å². The molecule has 1 aliphatic heterocycles. The first-order chi connectivity index (χ1) is 5.61. The number of rotatable bonds is 3. The zero-order valence-electron chi connectivity index (χ0n) is 8.05. The van der Waals surface area contributed by atoms with E-state index in [1.54, 1.807) is 0 Å². The molecule has 1 fully saturated rings. The van der Waals surface area contributed by atoms with Crippen LogP contribution in [0.2, 0.25) is 0 Å². The van der Waals surface area contributed by atoms with Gasteiger partial charge in [0.05, 0.1) is 0 Å². The first-order valence-electron chi connectivity index (χ1n) is 4.62. The predicted molar refractivity (Wildman–Crippen MR) is 48.8 cm³/mol. The Labute approximate surface area is 73.9 Å². The highest BCUT2D eigenvalue weighted by atomic mass is 16.1. The van der Waals surface area contributed by atoms with Crippen LogP contribution in [0.25, 0.3) is 0 Å². The van der Waals surface area contributed by atoms with Crippen LogP contribution in [0.1, 0.15) is 20.8 Å². The van der Waals surface area contributed by atoms with Gasteiger partial charge in [0.1, 0.15) is 0 Å². The van der Waals surface area contributed by atoms with Gasteiger partial charge in [-0.05, 0) is 32.9 Å². The molecular formula is C9H18N2O. The third kappa shape index (κ3) is 2.21. The van der Waals surface area contributed by atoms with Gasteiger partial charge in [-0.2, -0.15) is 0 Å². The Bertz CT molecular complexity index is 164. The topological polar surface area (TPSA) is 41.1 Å². The monoisotopic (exact) mass is 170 g/mol. The molecule has 0 radical (unpaired) electrons. The fourth-order valence-electron chi connectivity index (χ4n) is 1.29. The average molecular weight is 170 g/mol. The molecule has 1 aliphatic rings. The summed E-state index contributed by atoms with van der Waals surface area (Å²) < 4.78 is 0. The zero-order valence-corrected chi connectivity index (χ0v) is 8.05. The standard InChI is InChI=1S/C9H18N2O/c1-6(2)11-9(12)7(3)8-4-10-5-8/h6-8,10H,4-5H2,1-3H3,(H,11,12). The van der Waals surface area contributed by atoms with Crippen molar-refractivity contribution < 1.29 is 4.79 Å². The SMILES string of the molecule is CC(C)NC(=O)C(C)C1CNC1. The molecule has 0 saturated carbocycles. The first kappa shape index (κ1) is 9.52. The van der Waals surface area contributed by atoms with Crippen LogP contribution in [0.15, 0.2) is 0 Å². The lowest BCUT2D eigenvalue weighted by Gasteiger charge is -2.32. The molecule has 0 aliphatic carbocycles. The zero-order chi connectivity index (χ0) is 9.14. The number of nitrogens with one attached hydrogen (secondary N) is 2. The summed E-state index contributed by atoms with van der Waals surface area (Å²) in [4.78, 5) is 11.4. The van der Waals surface area contributed by atoms with Crippen LogP contribution in [0.3, 0.4) is 0 Å². The average Bonchev–Trinajstić information content (AvgIpc) is 1.81. The number of carbonyl (C=O) groups is 1. The Morgan fingerprint density at radius 3 is 2.33 bits per heavy atom. The molecular weight excluding hydrogens is 152 g/mol. The molecule has 0 spiro atoms. The van der Waals surface area contributed by atoms with E-state index in [0.717, 1.165) is 13.1 Å². The second kappa shape index (κ2) is 3.90. The van der Waals surface area contributed by atoms with E-state index in [0.29, 0.717) is 5.92 Å². The molecule has 0 aromatic carbocycles. The molecule has 1 atom stereocenters. The van der Waals surface area contributed by atoms with E-state index < -0.39 is 0 Å². The van der Waals surface area contributed by atoms with Crippen molar-refractivity contribution in [3.8, 4) is 0 Å². The minimum absolute atomic E-state index is 0.161. The van der Waals surface area contributed by atoms with E-state index in [2.05, 4.69) is 10.6 Å². The summed E-state index contributed by atoms with van der Waals surface area (Å²) in [6, 6.07) is 0.257. The molecule has 3 heteroatoms. The van der Waals surface area contributed by atoms with Crippen molar-refractivity contribution in [2.45, 2.75) is 26.8 Å². The number of carbonyl (C=O) groups excluding carboxylic acids is 1. The molecule has 1 amide bonds. The summed E-state index contributed by atoms with van der Waals surface area (Å²) in [5, 5.41) is 6.10. The smallest absolute Gasteiger partial charge is 0.223 e. The van der Waals surface area contributed by atoms with Crippen molar-refractivity contribution in [2.24, 2.45) is 11.8 Å². The minimum atomic E-state index is 0.161. The molecule has 2 N–H and O–H groups in total. The van der Waals surface area contributed by atoms with Crippen molar-refractivity contribution in [1.82, 2.24) is 10.6 Å². The summed E-state index contributed by atoms with van der Waals surface area (Å²) in [6.07, 6.45) is 0. The summed E-state index contributed by atoms with van der Waals surface area (Å²) in [7, 11) is 0. The van der Waals surface area contributed by atoms with Gasteiger partial charge in [0, 0.05) is 12.0 Å². The van der Waals surface area contributed by atoms with Crippen molar-refractivity contribution >= 4 is 5.91 Å². The highest BCUT2D eigenvalue weighted by Crippen LogP contribution is 2.15. The van der Waals surface area contributed by atoms with Gasteiger partial charge in [-0.15, -0.1) is 0 Å². The molecule has 70 valence electrons. The van der Waals surface area contributed by atoms with Crippen molar-refractivity contribution in [3.05, 3.63) is 0 Å². The maximum Gasteiger partial charge on any atom is 0.223 e. The molecule has 0 aromatic rings. The third-order valence-electron chi connectivity index (χ3n) is 2.36. The fourth-order valence-corrected chi connectivity index (χ4v) is 1.29. The molecule has 0 aromatic heterocycles. The fraction of sp³-hybridized carbons (Fsp3) is 0.889. The van der Waals surface area contributed by atoms with Crippen LogP contribution in [-0.2, 0) is 4.79 Å². The van der Waals surface area contributed by atoms with Gasteiger partial charge in [0.2, 0.25) is 5.91 Å². The lowest BCUT2D eigenvalue weighted by molar-refractivity contribution is -0.127. The van der Waals surface area contributed by atoms with Crippen LogP contribution in [-0.4, -0.2) is 25.0 Å². The lowest BCUT2D eigenvalue weighted by Crippen LogP contribution is -2.50. The minimum Gasteiger partial charge on any atom is -0.354 e. The van der Waals surface area contributed by atoms with Crippen molar-refractivity contribution in [2.75, 3.05) is 13.1 Å². The summed E-state index contributed by atoms with van der Waals surface area (Å²) in [6.45, 7) is 7.97. The Kier molecular flexibility index (Phi) is 3.09. The molecule has 0 bridgehead atoms. The quantitative estimate of drug-likeness (QED) is 0.642. The Morgan fingerprint density at radius 2 is 2.00 bits per heavy atom. The van der Waals surface area contributed by atoms with E-state index in [-0.39, 0.29) is 17.9 Å².